The molecule has 7 rings (SSSR count). The molecule has 7 aliphatic rings. The van der Waals surface area contributed by atoms with E-state index in [1.165, 1.54) is 0 Å². The van der Waals surface area contributed by atoms with Gasteiger partial charge in [0.15, 0.2) is 5.60 Å². The Hall–Kier alpha value is -1.18. The van der Waals surface area contributed by atoms with Crippen LogP contribution in [0.4, 0.5) is 0 Å². The molecule has 0 aromatic rings. The highest BCUT2D eigenvalue weighted by Gasteiger charge is 2.66. The molecule has 0 aromatic carbocycles. The first-order valence-electron chi connectivity index (χ1n) is 19.2. The molecule has 16 unspecified atom stereocenters. The standard InChI is InChI=1S/C37H62N4O7/c1-18(2)23-15-21(16-30(39)40-23)24-13-20(14-29(38)41-24)9-10-28-37(48-28)11-7-6-8-22-31-27(47-36(4,5)34(22)46-35(37)44)17-26-32(33(31)43)25(42)12-19(3)45-26/h18-24,26-34,40-41,43H,6-17,38-39H2,1-5H3. The summed E-state index contributed by atoms with van der Waals surface area (Å²) in [5.41, 5.74) is 11.3. The monoisotopic (exact) mass is 674 g/mol. The van der Waals surface area contributed by atoms with Gasteiger partial charge in [0, 0.05) is 36.8 Å². The molecule has 6 heterocycles. The van der Waals surface area contributed by atoms with E-state index < -0.39 is 29.3 Å². The van der Waals surface area contributed by atoms with Crippen molar-refractivity contribution in [2.45, 2.75) is 184 Å². The number of hydrogen-bond acceptors (Lipinski definition) is 11. The Morgan fingerprint density at radius 3 is 2.50 bits per heavy atom. The highest BCUT2D eigenvalue weighted by Crippen LogP contribution is 2.53. The zero-order valence-electron chi connectivity index (χ0n) is 29.8. The number of aliphatic hydroxyl groups is 1. The van der Waals surface area contributed by atoms with Crippen molar-refractivity contribution in [1.82, 2.24) is 10.6 Å². The van der Waals surface area contributed by atoms with Crippen LogP contribution in [-0.2, 0) is 28.5 Å². The van der Waals surface area contributed by atoms with Crippen molar-refractivity contribution >= 4 is 11.8 Å². The average Bonchev–Trinajstić information content (AvgIpc) is 3.70. The van der Waals surface area contributed by atoms with Crippen LogP contribution in [0.2, 0.25) is 0 Å². The minimum Gasteiger partial charge on any atom is -0.457 e. The van der Waals surface area contributed by atoms with Gasteiger partial charge in [-0.05, 0) is 96.3 Å². The van der Waals surface area contributed by atoms with E-state index in [0.29, 0.717) is 49.1 Å². The van der Waals surface area contributed by atoms with Gasteiger partial charge in [-0.3, -0.25) is 15.4 Å². The van der Waals surface area contributed by atoms with Crippen molar-refractivity contribution in [3.63, 3.8) is 0 Å². The molecule has 16 atom stereocenters. The number of ether oxygens (including phenoxy) is 4. The van der Waals surface area contributed by atoms with Gasteiger partial charge < -0.3 is 35.5 Å². The van der Waals surface area contributed by atoms with Crippen molar-refractivity contribution in [3.05, 3.63) is 0 Å². The number of piperidine rings is 2. The van der Waals surface area contributed by atoms with Crippen molar-refractivity contribution in [3.8, 4) is 0 Å². The summed E-state index contributed by atoms with van der Waals surface area (Å²) in [6, 6.07) is 0.762. The molecule has 7 N–H and O–H groups in total. The topological polar surface area (TPSA) is 171 Å². The maximum Gasteiger partial charge on any atom is 0.341 e. The van der Waals surface area contributed by atoms with Crippen molar-refractivity contribution in [2.24, 2.45) is 47.0 Å². The predicted molar refractivity (Wildman–Crippen MR) is 179 cm³/mol. The number of carbonyl (C=O) groups is 2. The van der Waals surface area contributed by atoms with Gasteiger partial charge in [0.1, 0.15) is 17.5 Å². The maximum absolute atomic E-state index is 14.1. The molecular weight excluding hydrogens is 612 g/mol. The molecule has 0 radical (unpaired) electrons. The Balaban J connectivity index is 1.00. The van der Waals surface area contributed by atoms with E-state index in [-0.39, 0.29) is 60.3 Å². The highest BCUT2D eigenvalue weighted by atomic mass is 16.7. The molecule has 0 amide bonds. The van der Waals surface area contributed by atoms with Crippen molar-refractivity contribution in [2.75, 3.05) is 0 Å². The number of rotatable bonds is 5. The minimum absolute atomic E-state index is 0.0135. The predicted octanol–water partition coefficient (Wildman–Crippen LogP) is 2.89. The maximum atomic E-state index is 14.1. The summed E-state index contributed by atoms with van der Waals surface area (Å²) >= 11 is 0. The molecule has 48 heavy (non-hydrogen) atoms. The largest absolute Gasteiger partial charge is 0.457 e. The lowest BCUT2D eigenvalue weighted by Crippen LogP contribution is -2.66. The van der Waals surface area contributed by atoms with Gasteiger partial charge in [0.25, 0.3) is 0 Å². The molecule has 11 heteroatoms. The zero-order chi connectivity index (χ0) is 34.1. The van der Waals surface area contributed by atoms with Crippen molar-refractivity contribution < 1.29 is 33.6 Å². The lowest BCUT2D eigenvalue weighted by molar-refractivity contribution is -0.278. The number of epoxide rings is 1. The van der Waals surface area contributed by atoms with Gasteiger partial charge in [-0.1, -0.05) is 20.3 Å². The summed E-state index contributed by atoms with van der Waals surface area (Å²) in [7, 11) is 0. The Morgan fingerprint density at radius 2 is 1.73 bits per heavy atom. The molecule has 1 aliphatic carbocycles. The third-order valence-corrected chi connectivity index (χ3v) is 13.4. The summed E-state index contributed by atoms with van der Waals surface area (Å²) in [5, 5.41) is 19.0. The smallest absolute Gasteiger partial charge is 0.341 e. The van der Waals surface area contributed by atoms with Crippen LogP contribution in [0, 0.1) is 35.5 Å². The Kier molecular flexibility index (Phi) is 9.85. The van der Waals surface area contributed by atoms with Crippen molar-refractivity contribution in [1.29, 1.82) is 0 Å². The lowest BCUT2D eigenvalue weighted by Gasteiger charge is -2.57. The summed E-state index contributed by atoms with van der Waals surface area (Å²) in [4.78, 5) is 27.2. The molecule has 272 valence electrons. The molecule has 1 saturated carbocycles. The van der Waals surface area contributed by atoms with Gasteiger partial charge >= 0.3 is 5.97 Å². The molecule has 0 aromatic heterocycles. The molecular formula is C37H62N4O7. The number of hydrogen-bond donors (Lipinski definition) is 5. The number of nitrogens with one attached hydrogen (secondary N) is 2. The first-order valence-corrected chi connectivity index (χ1v) is 19.2. The van der Waals surface area contributed by atoms with E-state index in [2.05, 4.69) is 24.5 Å². The van der Waals surface area contributed by atoms with E-state index >= 15 is 0 Å². The number of Topliss-reactive ketones (excluding diaryl/α,β-unsaturated/α-hetero) is 1. The molecule has 11 nitrogen and oxygen atoms in total. The van der Waals surface area contributed by atoms with E-state index in [9.17, 15) is 14.7 Å². The summed E-state index contributed by atoms with van der Waals surface area (Å²) in [5.74, 6) is 0.312. The van der Waals surface area contributed by atoms with Crippen LogP contribution in [0.3, 0.4) is 0 Å². The minimum atomic E-state index is -0.915. The molecule has 6 saturated heterocycles. The number of carbonyl (C=O) groups excluding carboxylic acids is 2. The van der Waals surface area contributed by atoms with E-state index in [0.717, 1.165) is 57.8 Å². The summed E-state index contributed by atoms with van der Waals surface area (Å²) in [6.07, 6.45) is 7.53. The quantitative estimate of drug-likeness (QED) is 0.215. The van der Waals surface area contributed by atoms with Gasteiger partial charge in [0.2, 0.25) is 0 Å². The van der Waals surface area contributed by atoms with Gasteiger partial charge in [0.05, 0.1) is 48.8 Å². The number of esters is 1. The van der Waals surface area contributed by atoms with Gasteiger partial charge in [-0.25, -0.2) is 4.79 Å². The molecule has 0 bridgehead atoms. The number of ketones is 1. The van der Waals surface area contributed by atoms with Crippen LogP contribution in [0.1, 0.15) is 112 Å². The second-order valence-electron chi connectivity index (χ2n) is 17.6. The molecule has 7 fully saturated rings. The fourth-order valence-electron chi connectivity index (χ4n) is 11.0. The fourth-order valence-corrected chi connectivity index (χ4v) is 11.0. The van der Waals surface area contributed by atoms with E-state index in [1.807, 2.05) is 20.8 Å². The number of fused-ring (bicyclic) bond motifs is 4. The third kappa shape index (κ3) is 6.64. The first-order chi connectivity index (χ1) is 22.8. The number of nitrogens with two attached hydrogens (primary N) is 2. The molecule has 1 spiro atoms. The highest BCUT2D eigenvalue weighted by molar-refractivity contribution is 5.84. The Labute approximate surface area is 286 Å². The second kappa shape index (κ2) is 13.4. The van der Waals surface area contributed by atoms with Crippen LogP contribution in [0.15, 0.2) is 0 Å². The second-order valence-corrected chi connectivity index (χ2v) is 17.6. The lowest BCUT2D eigenvalue weighted by atomic mass is 9.62. The van der Waals surface area contributed by atoms with Crippen LogP contribution in [0.25, 0.3) is 0 Å². The summed E-state index contributed by atoms with van der Waals surface area (Å²) < 4.78 is 25.6. The Morgan fingerprint density at radius 1 is 0.958 bits per heavy atom. The Bertz CT molecular complexity index is 1200. The zero-order valence-corrected chi connectivity index (χ0v) is 29.8. The van der Waals surface area contributed by atoms with E-state index in [4.69, 9.17) is 30.4 Å². The van der Waals surface area contributed by atoms with E-state index in [1.54, 1.807) is 0 Å². The average molecular weight is 675 g/mol. The van der Waals surface area contributed by atoms with Crippen LogP contribution in [-0.4, -0.2) is 89.1 Å². The first kappa shape index (κ1) is 35.2. The third-order valence-electron chi connectivity index (χ3n) is 13.4. The SMILES string of the molecule is CC1CC(=O)C2C(CC3OC(C)(C)C4OC(=O)C5(CCCCC4C3C2O)OC5CCC2CC(N)NC(C3CC(N)NC(C(C)C)C3)C2)O1. The normalized spacial score (nSPS) is 50.7. The fraction of sp³-hybridized carbons (Fsp3) is 0.946. The van der Waals surface area contributed by atoms with Gasteiger partial charge in [-0.2, -0.15) is 0 Å². The molecule has 6 aliphatic heterocycles. The number of aliphatic hydroxyl groups excluding tert-OH is 1. The van der Waals surface area contributed by atoms with Crippen LogP contribution in [0.5, 0.6) is 0 Å². The summed E-state index contributed by atoms with van der Waals surface area (Å²) in [6.45, 7) is 10.4. The van der Waals surface area contributed by atoms with Gasteiger partial charge in [-0.15, -0.1) is 0 Å². The van der Waals surface area contributed by atoms with Crippen LogP contribution < -0.4 is 22.1 Å². The van der Waals surface area contributed by atoms with Crippen LogP contribution >= 0.6 is 0 Å².